The third kappa shape index (κ3) is 2.31. The Morgan fingerprint density at radius 2 is 2.11 bits per heavy atom. The van der Waals surface area contributed by atoms with Crippen molar-refractivity contribution in [3.05, 3.63) is 33.7 Å². The van der Waals surface area contributed by atoms with Gasteiger partial charge in [0.25, 0.3) is 0 Å². The van der Waals surface area contributed by atoms with E-state index in [0.29, 0.717) is 22.3 Å². The summed E-state index contributed by atoms with van der Waals surface area (Å²) >= 11 is 0. The molecule has 0 atom stereocenters. The molecular weight excluding hydrogens is 248 g/mol. The average molecular weight is 262 g/mol. The summed E-state index contributed by atoms with van der Waals surface area (Å²) in [4.78, 5) is 23.1. The number of aromatic hydroxyl groups is 1. The van der Waals surface area contributed by atoms with Crippen molar-refractivity contribution >= 4 is 16.8 Å². The van der Waals surface area contributed by atoms with E-state index in [-0.39, 0.29) is 23.5 Å². The van der Waals surface area contributed by atoms with E-state index in [0.717, 1.165) is 0 Å². The molecule has 0 saturated heterocycles. The molecule has 0 aliphatic carbocycles. The number of carbonyl (C=O) groups excluding carboxylic acids is 1. The number of benzene rings is 1. The molecule has 0 unspecified atom stereocenters. The van der Waals surface area contributed by atoms with Crippen LogP contribution in [0.15, 0.2) is 21.3 Å². The third-order valence-corrected chi connectivity index (χ3v) is 2.97. The van der Waals surface area contributed by atoms with Crippen LogP contribution in [0, 0.1) is 6.92 Å². The second kappa shape index (κ2) is 4.76. The number of phenols is 1. The van der Waals surface area contributed by atoms with Crippen LogP contribution in [0.4, 0.5) is 0 Å². The van der Waals surface area contributed by atoms with Crippen molar-refractivity contribution in [1.82, 2.24) is 0 Å². The van der Waals surface area contributed by atoms with Gasteiger partial charge in [-0.25, -0.2) is 4.79 Å². The Kier molecular flexibility index (Phi) is 3.29. The predicted octanol–water partition coefficient (Wildman–Crippen LogP) is 1.95. The van der Waals surface area contributed by atoms with Crippen molar-refractivity contribution in [2.75, 3.05) is 7.11 Å². The molecule has 0 bridgehead atoms. The Hall–Kier alpha value is -2.30. The van der Waals surface area contributed by atoms with E-state index in [1.54, 1.807) is 6.92 Å². The highest BCUT2D eigenvalue weighted by Crippen LogP contribution is 2.33. The van der Waals surface area contributed by atoms with Crippen molar-refractivity contribution in [2.24, 2.45) is 0 Å². The first-order chi connectivity index (χ1) is 8.93. The molecule has 0 aliphatic rings. The van der Waals surface area contributed by atoms with E-state index in [1.807, 2.05) is 0 Å². The molecule has 0 aliphatic heterocycles. The molecule has 1 heterocycles. The van der Waals surface area contributed by atoms with Crippen molar-refractivity contribution in [3.63, 3.8) is 0 Å². The second-order valence-electron chi connectivity index (χ2n) is 4.39. The molecular formula is C14H14O5. The molecule has 0 spiro atoms. The van der Waals surface area contributed by atoms with Gasteiger partial charge in [0.2, 0.25) is 0 Å². The van der Waals surface area contributed by atoms with Crippen molar-refractivity contribution < 1.29 is 19.1 Å². The minimum absolute atomic E-state index is 0.0220. The van der Waals surface area contributed by atoms with Crippen LogP contribution in [-0.2, 0) is 11.2 Å². The van der Waals surface area contributed by atoms with Crippen LogP contribution in [0.3, 0.4) is 0 Å². The fourth-order valence-electron chi connectivity index (χ4n) is 2.11. The number of hydrogen-bond acceptors (Lipinski definition) is 5. The first-order valence-corrected chi connectivity index (χ1v) is 5.76. The number of methoxy groups -OCH3 is 1. The van der Waals surface area contributed by atoms with Crippen molar-refractivity contribution in [3.8, 4) is 11.5 Å². The van der Waals surface area contributed by atoms with Crippen LogP contribution in [0.5, 0.6) is 11.5 Å². The van der Waals surface area contributed by atoms with Crippen LogP contribution in [0.25, 0.3) is 11.0 Å². The second-order valence-corrected chi connectivity index (χ2v) is 4.39. The number of rotatable bonds is 3. The fraction of sp³-hybridized carbons (Fsp3) is 0.286. The lowest BCUT2D eigenvalue weighted by Crippen LogP contribution is -2.14. The summed E-state index contributed by atoms with van der Waals surface area (Å²) in [6, 6.07) is 2.79. The minimum Gasteiger partial charge on any atom is -0.508 e. The normalized spacial score (nSPS) is 10.7. The molecule has 0 amide bonds. The third-order valence-electron chi connectivity index (χ3n) is 2.97. The number of aryl methyl sites for hydroxylation is 1. The number of ketones is 1. The van der Waals surface area contributed by atoms with E-state index >= 15 is 0 Å². The van der Waals surface area contributed by atoms with E-state index in [1.165, 1.54) is 26.2 Å². The average Bonchev–Trinajstić information content (AvgIpc) is 2.32. The van der Waals surface area contributed by atoms with Gasteiger partial charge in [-0.05, 0) is 19.4 Å². The first kappa shape index (κ1) is 13.1. The quantitative estimate of drug-likeness (QED) is 0.855. The van der Waals surface area contributed by atoms with E-state index in [4.69, 9.17) is 9.15 Å². The van der Waals surface area contributed by atoms with Crippen molar-refractivity contribution in [2.45, 2.75) is 20.3 Å². The number of Topliss-reactive ketones (excluding diaryl/α,β-unsaturated/α-hetero) is 1. The zero-order valence-electron chi connectivity index (χ0n) is 10.9. The summed E-state index contributed by atoms with van der Waals surface area (Å²) in [7, 11) is 1.46. The summed E-state index contributed by atoms with van der Waals surface area (Å²) in [5.41, 5.74) is 0.641. The van der Waals surface area contributed by atoms with Gasteiger partial charge in [-0.1, -0.05) is 0 Å². The summed E-state index contributed by atoms with van der Waals surface area (Å²) in [6.07, 6.45) is 0.0220. The summed E-state index contributed by atoms with van der Waals surface area (Å²) in [5.74, 6) is 0.236. The smallest absolute Gasteiger partial charge is 0.340 e. The maximum absolute atomic E-state index is 11.9. The molecule has 19 heavy (non-hydrogen) atoms. The molecule has 2 rings (SSSR count). The summed E-state index contributed by atoms with van der Waals surface area (Å²) in [5, 5.41) is 10.1. The van der Waals surface area contributed by atoms with Crippen LogP contribution in [0.1, 0.15) is 18.1 Å². The molecule has 1 N–H and O–H groups in total. The number of fused-ring (bicyclic) bond motifs is 1. The van der Waals surface area contributed by atoms with Gasteiger partial charge >= 0.3 is 5.63 Å². The fourth-order valence-corrected chi connectivity index (χ4v) is 2.11. The Labute approximate surface area is 109 Å². The molecule has 2 aromatic rings. The molecule has 0 saturated carbocycles. The molecule has 0 fully saturated rings. The first-order valence-electron chi connectivity index (χ1n) is 5.76. The zero-order valence-corrected chi connectivity index (χ0v) is 10.9. The van der Waals surface area contributed by atoms with Crippen LogP contribution in [0.2, 0.25) is 0 Å². The lowest BCUT2D eigenvalue weighted by Gasteiger charge is -2.10. The molecule has 1 aromatic heterocycles. The standard InChI is InChI=1S/C14H14O5/c1-7(15)4-10-8(2)13-11(18-3)5-9(16)6-12(13)19-14(10)17/h5-6,16H,4H2,1-3H3. The number of carbonyl (C=O) groups is 1. The molecule has 5 heteroatoms. The predicted molar refractivity (Wildman–Crippen MR) is 69.8 cm³/mol. The highest BCUT2D eigenvalue weighted by atomic mass is 16.5. The van der Waals surface area contributed by atoms with Gasteiger partial charge in [-0.2, -0.15) is 0 Å². The maximum atomic E-state index is 11.9. The van der Waals surface area contributed by atoms with Gasteiger partial charge in [0.05, 0.1) is 12.5 Å². The molecule has 100 valence electrons. The lowest BCUT2D eigenvalue weighted by atomic mass is 10.0. The van der Waals surface area contributed by atoms with Gasteiger partial charge in [-0.3, -0.25) is 4.79 Å². The highest BCUT2D eigenvalue weighted by Gasteiger charge is 2.17. The molecule has 0 radical (unpaired) electrons. The largest absolute Gasteiger partial charge is 0.508 e. The van der Waals surface area contributed by atoms with Gasteiger partial charge in [0.1, 0.15) is 22.9 Å². The number of ether oxygens (including phenoxy) is 1. The zero-order chi connectivity index (χ0) is 14.2. The Morgan fingerprint density at radius 1 is 1.42 bits per heavy atom. The van der Waals surface area contributed by atoms with E-state index in [2.05, 4.69) is 0 Å². The van der Waals surface area contributed by atoms with E-state index < -0.39 is 5.63 Å². The molecule has 1 aromatic carbocycles. The van der Waals surface area contributed by atoms with Crippen molar-refractivity contribution in [1.29, 1.82) is 0 Å². The lowest BCUT2D eigenvalue weighted by molar-refractivity contribution is -0.116. The Balaban J connectivity index is 2.86. The van der Waals surface area contributed by atoms with Gasteiger partial charge < -0.3 is 14.3 Å². The highest BCUT2D eigenvalue weighted by molar-refractivity contribution is 5.90. The summed E-state index contributed by atoms with van der Waals surface area (Å²) in [6.45, 7) is 3.15. The monoisotopic (exact) mass is 262 g/mol. The van der Waals surface area contributed by atoms with Gasteiger partial charge in [0.15, 0.2) is 0 Å². The van der Waals surface area contributed by atoms with Crippen LogP contribution >= 0.6 is 0 Å². The maximum Gasteiger partial charge on any atom is 0.340 e. The van der Waals surface area contributed by atoms with E-state index in [9.17, 15) is 14.7 Å². The summed E-state index contributed by atoms with van der Waals surface area (Å²) < 4.78 is 10.3. The number of hydrogen-bond donors (Lipinski definition) is 1. The molecule has 5 nitrogen and oxygen atoms in total. The minimum atomic E-state index is -0.562. The SMILES string of the molecule is COc1cc(O)cc2oc(=O)c(CC(C)=O)c(C)c12. The Morgan fingerprint density at radius 3 is 2.68 bits per heavy atom. The van der Waals surface area contributed by atoms with Crippen LogP contribution in [-0.4, -0.2) is 18.0 Å². The van der Waals surface area contributed by atoms with Crippen LogP contribution < -0.4 is 10.4 Å². The Bertz CT molecular complexity index is 712. The topological polar surface area (TPSA) is 76.7 Å². The van der Waals surface area contributed by atoms with Gasteiger partial charge in [0, 0.05) is 24.1 Å². The number of phenolic OH excluding ortho intramolecular Hbond substituents is 1. The van der Waals surface area contributed by atoms with Gasteiger partial charge in [-0.15, -0.1) is 0 Å².